The van der Waals surface area contributed by atoms with Crippen LogP contribution in [0.2, 0.25) is 0 Å². The first-order valence-electron chi connectivity index (χ1n) is 5.22. The Balaban J connectivity index is 2.82. The smallest absolute Gasteiger partial charge is 0.335 e. The molecule has 2 aromatic rings. The minimum atomic E-state index is -1.24. The summed E-state index contributed by atoms with van der Waals surface area (Å²) in [4.78, 5) is 22.4. The van der Waals surface area contributed by atoms with Gasteiger partial charge in [0.05, 0.1) is 17.7 Å². The number of nitrogens with zero attached hydrogens (tertiary/aromatic N) is 1. The number of pyridine rings is 1. The zero-order valence-corrected chi connectivity index (χ0v) is 9.26. The number of benzene rings is 1. The van der Waals surface area contributed by atoms with Gasteiger partial charge in [-0.2, -0.15) is 0 Å². The molecule has 0 aliphatic rings. The lowest BCUT2D eigenvalue weighted by Crippen LogP contribution is -2.22. The van der Waals surface area contributed by atoms with Crippen molar-refractivity contribution in [2.24, 2.45) is 0 Å². The Morgan fingerprint density at radius 3 is 2.67 bits per heavy atom. The summed E-state index contributed by atoms with van der Waals surface area (Å²) in [7, 11) is 0. The van der Waals surface area contributed by atoms with E-state index < -0.39 is 17.3 Å². The van der Waals surface area contributed by atoms with Crippen LogP contribution in [0.1, 0.15) is 10.4 Å². The van der Waals surface area contributed by atoms with Gasteiger partial charge in [0.15, 0.2) is 0 Å². The molecule has 2 rings (SSSR count). The standard InChI is InChI=1S/C12H10FNO4/c13-9-6-8(12(17)18)5-7-1-2-10(16)14(3-4-15)11(7)9/h1-2,5-6,15H,3-4H2,(H,17,18). The number of hydrogen-bond acceptors (Lipinski definition) is 3. The van der Waals surface area contributed by atoms with Gasteiger partial charge in [-0.15, -0.1) is 0 Å². The third-order valence-electron chi connectivity index (χ3n) is 2.60. The first kappa shape index (κ1) is 12.3. The van der Waals surface area contributed by atoms with Crippen molar-refractivity contribution in [3.05, 3.63) is 46.0 Å². The molecule has 0 bridgehead atoms. The van der Waals surface area contributed by atoms with Crippen LogP contribution < -0.4 is 5.56 Å². The number of aromatic carboxylic acids is 1. The molecular weight excluding hydrogens is 241 g/mol. The molecule has 2 N–H and O–H groups in total. The van der Waals surface area contributed by atoms with Crippen molar-refractivity contribution in [3.8, 4) is 0 Å². The van der Waals surface area contributed by atoms with E-state index in [9.17, 15) is 14.0 Å². The minimum absolute atomic E-state index is 0.00144. The van der Waals surface area contributed by atoms with Gasteiger partial charge in [-0.05, 0) is 18.2 Å². The second-order valence-corrected chi connectivity index (χ2v) is 3.75. The van der Waals surface area contributed by atoms with Gasteiger partial charge in [-0.3, -0.25) is 4.79 Å². The van der Waals surface area contributed by atoms with Crippen LogP contribution in [0.3, 0.4) is 0 Å². The Kier molecular flexibility index (Phi) is 3.12. The summed E-state index contributed by atoms with van der Waals surface area (Å²) >= 11 is 0. The van der Waals surface area contributed by atoms with Crippen LogP contribution in [-0.4, -0.2) is 27.4 Å². The molecule has 94 valence electrons. The quantitative estimate of drug-likeness (QED) is 0.846. The normalized spacial score (nSPS) is 10.8. The monoisotopic (exact) mass is 251 g/mol. The van der Waals surface area contributed by atoms with Crippen LogP contribution in [0.5, 0.6) is 0 Å². The summed E-state index contributed by atoms with van der Waals surface area (Å²) in [5.41, 5.74) is -0.630. The molecule has 0 saturated heterocycles. The molecule has 1 aromatic carbocycles. The zero-order chi connectivity index (χ0) is 13.3. The van der Waals surface area contributed by atoms with Gasteiger partial charge >= 0.3 is 5.97 Å². The Bertz CT molecular complexity index is 678. The molecular formula is C12H10FNO4. The maximum atomic E-state index is 13.9. The van der Waals surface area contributed by atoms with E-state index >= 15 is 0 Å². The number of halogens is 1. The number of aromatic nitrogens is 1. The van der Waals surface area contributed by atoms with Crippen molar-refractivity contribution in [1.82, 2.24) is 4.57 Å². The molecule has 0 saturated carbocycles. The second kappa shape index (κ2) is 4.58. The number of aliphatic hydroxyl groups excluding tert-OH is 1. The van der Waals surface area contributed by atoms with E-state index in [0.717, 1.165) is 10.6 Å². The lowest BCUT2D eigenvalue weighted by Gasteiger charge is -2.10. The van der Waals surface area contributed by atoms with Crippen molar-refractivity contribution in [2.75, 3.05) is 6.61 Å². The van der Waals surface area contributed by atoms with Crippen LogP contribution in [0.4, 0.5) is 4.39 Å². The van der Waals surface area contributed by atoms with E-state index in [1.165, 1.54) is 18.2 Å². The van der Waals surface area contributed by atoms with E-state index in [1.807, 2.05) is 0 Å². The molecule has 0 amide bonds. The largest absolute Gasteiger partial charge is 0.478 e. The van der Waals surface area contributed by atoms with E-state index in [4.69, 9.17) is 10.2 Å². The molecule has 5 nitrogen and oxygen atoms in total. The highest BCUT2D eigenvalue weighted by molar-refractivity contribution is 5.93. The number of aliphatic hydroxyl groups is 1. The van der Waals surface area contributed by atoms with Crippen molar-refractivity contribution in [3.63, 3.8) is 0 Å². The van der Waals surface area contributed by atoms with E-state index in [0.29, 0.717) is 5.39 Å². The number of fused-ring (bicyclic) bond motifs is 1. The maximum Gasteiger partial charge on any atom is 0.335 e. The fraction of sp³-hybridized carbons (Fsp3) is 0.167. The Hall–Kier alpha value is -2.21. The SMILES string of the molecule is O=C(O)c1cc(F)c2c(ccc(=O)n2CCO)c1. The summed E-state index contributed by atoms with van der Waals surface area (Å²) in [6.07, 6.45) is 0. The Morgan fingerprint density at radius 1 is 1.33 bits per heavy atom. The summed E-state index contributed by atoms with van der Waals surface area (Å²) < 4.78 is 14.9. The predicted octanol–water partition coefficient (Wildman–Crippen LogP) is 0.831. The van der Waals surface area contributed by atoms with Gasteiger partial charge in [0.1, 0.15) is 5.82 Å². The average Bonchev–Trinajstić information content (AvgIpc) is 2.32. The van der Waals surface area contributed by atoms with Crippen LogP contribution in [0, 0.1) is 5.82 Å². The molecule has 0 aliphatic heterocycles. The second-order valence-electron chi connectivity index (χ2n) is 3.75. The van der Waals surface area contributed by atoms with E-state index in [2.05, 4.69) is 0 Å². The van der Waals surface area contributed by atoms with Crippen molar-refractivity contribution in [2.45, 2.75) is 6.54 Å². The molecule has 0 spiro atoms. The fourth-order valence-corrected chi connectivity index (χ4v) is 1.84. The molecule has 1 aromatic heterocycles. The van der Waals surface area contributed by atoms with Gasteiger partial charge in [-0.25, -0.2) is 9.18 Å². The molecule has 0 atom stereocenters. The highest BCUT2D eigenvalue weighted by atomic mass is 19.1. The number of hydrogen-bond donors (Lipinski definition) is 2. The zero-order valence-electron chi connectivity index (χ0n) is 9.26. The van der Waals surface area contributed by atoms with Crippen LogP contribution in [-0.2, 0) is 6.54 Å². The molecule has 6 heteroatoms. The molecule has 18 heavy (non-hydrogen) atoms. The molecule has 0 fully saturated rings. The number of rotatable bonds is 3. The lowest BCUT2D eigenvalue weighted by atomic mass is 10.1. The molecule has 0 radical (unpaired) electrons. The fourth-order valence-electron chi connectivity index (χ4n) is 1.84. The van der Waals surface area contributed by atoms with Crippen molar-refractivity contribution in [1.29, 1.82) is 0 Å². The van der Waals surface area contributed by atoms with E-state index in [1.54, 1.807) is 0 Å². The van der Waals surface area contributed by atoms with Crippen molar-refractivity contribution < 1.29 is 19.4 Å². The van der Waals surface area contributed by atoms with E-state index in [-0.39, 0.29) is 24.2 Å². The summed E-state index contributed by atoms with van der Waals surface area (Å²) in [5, 5.41) is 18.0. The first-order valence-corrected chi connectivity index (χ1v) is 5.22. The van der Waals surface area contributed by atoms with Crippen LogP contribution in [0.15, 0.2) is 29.1 Å². The number of carbonyl (C=O) groups is 1. The summed E-state index contributed by atoms with van der Waals surface area (Å²) in [6.45, 7) is -0.349. The van der Waals surface area contributed by atoms with Gasteiger partial charge in [0.25, 0.3) is 5.56 Å². The highest BCUT2D eigenvalue weighted by Gasteiger charge is 2.12. The molecule has 0 aliphatic carbocycles. The van der Waals surface area contributed by atoms with Crippen molar-refractivity contribution >= 4 is 16.9 Å². The van der Waals surface area contributed by atoms with Gasteiger partial charge in [0.2, 0.25) is 0 Å². The highest BCUT2D eigenvalue weighted by Crippen LogP contribution is 2.18. The van der Waals surface area contributed by atoms with Gasteiger partial charge < -0.3 is 14.8 Å². The Morgan fingerprint density at radius 2 is 2.06 bits per heavy atom. The van der Waals surface area contributed by atoms with Crippen LogP contribution >= 0.6 is 0 Å². The topological polar surface area (TPSA) is 79.5 Å². The molecule has 1 heterocycles. The summed E-state index contributed by atoms with van der Waals surface area (Å²) in [5.74, 6) is -2.04. The van der Waals surface area contributed by atoms with Gasteiger partial charge in [0, 0.05) is 18.0 Å². The lowest BCUT2D eigenvalue weighted by molar-refractivity contribution is 0.0696. The third-order valence-corrected chi connectivity index (χ3v) is 2.60. The first-order chi connectivity index (χ1) is 8.54. The van der Waals surface area contributed by atoms with Crippen LogP contribution in [0.25, 0.3) is 10.9 Å². The predicted molar refractivity (Wildman–Crippen MR) is 62.2 cm³/mol. The van der Waals surface area contributed by atoms with Gasteiger partial charge in [-0.1, -0.05) is 0 Å². The molecule has 0 unspecified atom stereocenters. The Labute approximate surface area is 101 Å². The number of carboxylic acids is 1. The summed E-state index contributed by atoms with van der Waals surface area (Å²) in [6, 6.07) is 4.72. The average molecular weight is 251 g/mol. The third kappa shape index (κ3) is 1.98. The number of carboxylic acid groups (broad SMARTS) is 1. The minimum Gasteiger partial charge on any atom is -0.478 e. The maximum absolute atomic E-state index is 13.9.